The number of benzene rings is 1. The molecule has 0 aliphatic heterocycles. The molecular weight excluding hydrogens is 295 g/mol. The summed E-state index contributed by atoms with van der Waals surface area (Å²) in [6.07, 6.45) is -4.65. The predicted molar refractivity (Wildman–Crippen MR) is 62.3 cm³/mol. The van der Waals surface area contributed by atoms with E-state index in [9.17, 15) is 27.6 Å². The first-order chi connectivity index (χ1) is 9.62. The molecule has 0 fully saturated rings. The molecule has 0 bridgehead atoms. The van der Waals surface area contributed by atoms with Crippen molar-refractivity contribution in [2.75, 3.05) is 0 Å². The Balaban J connectivity index is 3.16. The van der Waals surface area contributed by atoms with Gasteiger partial charge < -0.3 is 15.5 Å². The summed E-state index contributed by atoms with van der Waals surface area (Å²) in [5, 5.41) is 18.7. The fraction of sp³-hybridized carbons (Fsp3) is 0.0833. The summed E-state index contributed by atoms with van der Waals surface area (Å²) in [5.41, 5.74) is -3.13. The number of carboxylic acids is 2. The lowest BCUT2D eigenvalue weighted by Gasteiger charge is -2.12. The summed E-state index contributed by atoms with van der Waals surface area (Å²) in [6.45, 7) is 0. The molecule has 9 heteroatoms. The Morgan fingerprint density at radius 2 is 1.67 bits per heavy atom. The van der Waals surface area contributed by atoms with Crippen molar-refractivity contribution < 1.29 is 37.8 Å². The zero-order chi connectivity index (χ0) is 16.2. The van der Waals surface area contributed by atoms with Gasteiger partial charge in [-0.3, -0.25) is 4.79 Å². The summed E-state index contributed by atoms with van der Waals surface area (Å²) in [4.78, 5) is 32.8. The Morgan fingerprint density at radius 1 is 1.10 bits per heavy atom. The van der Waals surface area contributed by atoms with Gasteiger partial charge in [0.2, 0.25) is 0 Å². The van der Waals surface area contributed by atoms with E-state index in [1.165, 1.54) is 0 Å². The average molecular weight is 303 g/mol. The van der Waals surface area contributed by atoms with E-state index in [2.05, 4.69) is 0 Å². The molecule has 1 rings (SSSR count). The molecule has 21 heavy (non-hydrogen) atoms. The van der Waals surface area contributed by atoms with Crippen LogP contribution in [-0.4, -0.2) is 28.1 Å². The Kier molecular flexibility index (Phi) is 4.69. The lowest BCUT2D eigenvalue weighted by molar-refractivity contribution is -0.138. The molecule has 0 aromatic heterocycles. The predicted octanol–water partition coefficient (Wildman–Crippen LogP) is 1.49. The number of aliphatic carboxylic acids is 2. The van der Waals surface area contributed by atoms with Crippen molar-refractivity contribution in [3.63, 3.8) is 0 Å². The van der Waals surface area contributed by atoms with Crippen LogP contribution in [0.1, 0.15) is 15.9 Å². The maximum Gasteiger partial charge on any atom is 0.417 e. The van der Waals surface area contributed by atoms with Gasteiger partial charge in [0.1, 0.15) is 5.70 Å². The third kappa shape index (κ3) is 4.34. The monoisotopic (exact) mass is 303 g/mol. The van der Waals surface area contributed by atoms with E-state index in [0.29, 0.717) is 6.07 Å². The van der Waals surface area contributed by atoms with E-state index in [0.717, 1.165) is 18.2 Å². The maximum atomic E-state index is 12.7. The number of carbonyl (C=O) groups excluding carboxylic acids is 1. The molecule has 1 aromatic carbocycles. The minimum Gasteiger partial charge on any atom is -0.478 e. The molecule has 0 radical (unpaired) electrons. The van der Waals surface area contributed by atoms with Gasteiger partial charge in [0.05, 0.1) is 17.2 Å². The number of carbonyl (C=O) groups is 3. The number of halogens is 3. The van der Waals surface area contributed by atoms with E-state index < -0.39 is 40.8 Å². The van der Waals surface area contributed by atoms with Crippen LogP contribution < -0.4 is 5.32 Å². The number of hydrogen-bond acceptors (Lipinski definition) is 3. The molecule has 112 valence electrons. The first-order valence-corrected chi connectivity index (χ1v) is 5.28. The molecule has 0 unspecified atom stereocenters. The topological polar surface area (TPSA) is 104 Å². The van der Waals surface area contributed by atoms with Crippen molar-refractivity contribution in [1.82, 2.24) is 5.32 Å². The van der Waals surface area contributed by atoms with E-state index >= 15 is 0 Å². The van der Waals surface area contributed by atoms with Crippen molar-refractivity contribution in [1.29, 1.82) is 0 Å². The average Bonchev–Trinajstić information content (AvgIpc) is 2.36. The van der Waals surface area contributed by atoms with Gasteiger partial charge in [-0.25, -0.2) is 9.59 Å². The van der Waals surface area contributed by atoms with Crippen molar-refractivity contribution in [3.05, 3.63) is 47.2 Å². The van der Waals surface area contributed by atoms with Crippen LogP contribution in [0.5, 0.6) is 0 Å². The molecule has 0 aliphatic carbocycles. The summed E-state index contributed by atoms with van der Waals surface area (Å²) < 4.78 is 38.1. The summed E-state index contributed by atoms with van der Waals surface area (Å²) in [7, 11) is 0. The minimum atomic E-state index is -4.81. The van der Waals surface area contributed by atoms with Gasteiger partial charge in [0, 0.05) is 0 Å². The van der Waals surface area contributed by atoms with Crippen molar-refractivity contribution >= 4 is 17.8 Å². The molecule has 6 nitrogen and oxygen atoms in total. The van der Waals surface area contributed by atoms with E-state index in [-0.39, 0.29) is 6.08 Å². The molecule has 3 N–H and O–H groups in total. The molecule has 0 heterocycles. The standard InChI is InChI=1S/C12H8F3NO5/c13-12(14,15)7-4-2-1-3-6(7)10(19)16-8(11(20)21)5-9(17)18/h1-5H,(H,16,19)(H,17,18)(H,20,21). The summed E-state index contributed by atoms with van der Waals surface area (Å²) in [5.74, 6) is -4.84. The quantitative estimate of drug-likeness (QED) is 0.731. The maximum absolute atomic E-state index is 12.7. The third-order valence-corrected chi connectivity index (χ3v) is 2.22. The van der Waals surface area contributed by atoms with Crippen LogP contribution in [0.2, 0.25) is 0 Å². The van der Waals surface area contributed by atoms with Crippen molar-refractivity contribution in [2.45, 2.75) is 6.18 Å². The van der Waals surface area contributed by atoms with Gasteiger partial charge in [0.15, 0.2) is 0 Å². The molecular formula is C12H8F3NO5. The van der Waals surface area contributed by atoms with Crippen LogP contribution in [0.15, 0.2) is 36.0 Å². The van der Waals surface area contributed by atoms with Gasteiger partial charge in [-0.05, 0) is 12.1 Å². The summed E-state index contributed by atoms with van der Waals surface area (Å²) >= 11 is 0. The first-order valence-electron chi connectivity index (χ1n) is 5.28. The highest BCUT2D eigenvalue weighted by Gasteiger charge is 2.35. The number of carboxylic acid groups (broad SMARTS) is 2. The van der Waals surface area contributed by atoms with Crippen LogP contribution in [0.3, 0.4) is 0 Å². The molecule has 0 saturated carbocycles. The second kappa shape index (κ2) is 6.07. The molecule has 0 atom stereocenters. The second-order valence-electron chi connectivity index (χ2n) is 3.70. The van der Waals surface area contributed by atoms with E-state index in [4.69, 9.17) is 10.2 Å². The van der Waals surface area contributed by atoms with Crippen LogP contribution in [0.4, 0.5) is 13.2 Å². The number of rotatable bonds is 4. The Morgan fingerprint density at radius 3 is 2.14 bits per heavy atom. The van der Waals surface area contributed by atoms with Crippen LogP contribution in [0.25, 0.3) is 0 Å². The van der Waals surface area contributed by atoms with Gasteiger partial charge in [-0.1, -0.05) is 12.1 Å². The Bertz CT molecular complexity index is 622. The van der Waals surface area contributed by atoms with Gasteiger partial charge in [-0.2, -0.15) is 13.2 Å². The fourth-order valence-electron chi connectivity index (χ4n) is 1.39. The zero-order valence-corrected chi connectivity index (χ0v) is 10.1. The molecule has 0 saturated heterocycles. The number of hydrogen-bond donors (Lipinski definition) is 3. The molecule has 0 aliphatic rings. The van der Waals surface area contributed by atoms with Crippen molar-refractivity contribution in [2.24, 2.45) is 0 Å². The van der Waals surface area contributed by atoms with Gasteiger partial charge >= 0.3 is 18.1 Å². The highest BCUT2D eigenvalue weighted by Crippen LogP contribution is 2.31. The molecule has 0 spiro atoms. The number of amides is 1. The Hall–Kier alpha value is -2.84. The fourth-order valence-corrected chi connectivity index (χ4v) is 1.39. The van der Waals surface area contributed by atoms with Crippen molar-refractivity contribution in [3.8, 4) is 0 Å². The van der Waals surface area contributed by atoms with E-state index in [1.807, 2.05) is 0 Å². The lowest BCUT2D eigenvalue weighted by Crippen LogP contribution is -2.29. The van der Waals surface area contributed by atoms with Crippen LogP contribution in [-0.2, 0) is 15.8 Å². The second-order valence-corrected chi connectivity index (χ2v) is 3.70. The highest BCUT2D eigenvalue weighted by molar-refractivity contribution is 6.03. The molecule has 1 amide bonds. The SMILES string of the molecule is O=C(O)C=C(NC(=O)c1ccccc1C(F)(F)F)C(=O)O. The van der Waals surface area contributed by atoms with Crippen LogP contribution in [0, 0.1) is 0 Å². The third-order valence-electron chi connectivity index (χ3n) is 2.22. The van der Waals surface area contributed by atoms with Gasteiger partial charge in [0.25, 0.3) is 5.91 Å². The van der Waals surface area contributed by atoms with Gasteiger partial charge in [-0.15, -0.1) is 0 Å². The zero-order valence-electron chi connectivity index (χ0n) is 10.1. The summed E-state index contributed by atoms with van der Waals surface area (Å²) in [6, 6.07) is 3.71. The smallest absolute Gasteiger partial charge is 0.417 e. The normalized spacial score (nSPS) is 11.9. The van der Waals surface area contributed by atoms with Crippen LogP contribution >= 0.6 is 0 Å². The number of nitrogens with one attached hydrogen (secondary N) is 1. The highest BCUT2D eigenvalue weighted by atomic mass is 19.4. The Labute approximate surface area is 115 Å². The first kappa shape index (κ1) is 16.2. The largest absolute Gasteiger partial charge is 0.478 e. The number of alkyl halides is 3. The lowest BCUT2D eigenvalue weighted by atomic mass is 10.1. The minimum absolute atomic E-state index is 0.163. The van der Waals surface area contributed by atoms with E-state index in [1.54, 1.807) is 5.32 Å². The molecule has 1 aromatic rings.